The second kappa shape index (κ2) is 9.70. The molecule has 0 N–H and O–H groups in total. The number of ether oxygens (including phenoxy) is 1. The summed E-state index contributed by atoms with van der Waals surface area (Å²) in [6, 6.07) is 8.22. The number of halogens is 4. The fraction of sp³-hybridized carbons (Fsp3) is 0.444. The van der Waals surface area contributed by atoms with Crippen molar-refractivity contribution in [3.05, 3.63) is 77.1 Å². The van der Waals surface area contributed by atoms with Gasteiger partial charge in [0.05, 0.1) is 11.1 Å². The number of allylic oxidation sites excluding steroid dienone is 2. The van der Waals surface area contributed by atoms with Crippen LogP contribution in [0.3, 0.4) is 0 Å². The molecule has 4 rings (SSSR count). The fourth-order valence-electron chi connectivity index (χ4n) is 5.52. The highest BCUT2D eigenvalue weighted by atomic mass is 19.4. The van der Waals surface area contributed by atoms with Gasteiger partial charge >= 0.3 is 12.1 Å². The first-order valence-corrected chi connectivity index (χ1v) is 11.6. The third-order valence-corrected chi connectivity index (χ3v) is 7.19. The summed E-state index contributed by atoms with van der Waals surface area (Å²) in [6.07, 6.45) is 6.58. The summed E-state index contributed by atoms with van der Waals surface area (Å²) in [5, 5.41) is 0. The van der Waals surface area contributed by atoms with E-state index < -0.39 is 23.5 Å². The standard InChI is InChI=1S/C27H28F4O2/c1-2-3-17-4-5-19-15-20(7-6-18(19)14-17)24-13-8-21(16-25(24)28)26(32)33-23-11-9-22(10-12-23)27(29,30)31/h2-3,8-13,16-20H,4-7,14-15H2,1H3/b3-2+. The van der Waals surface area contributed by atoms with Crippen molar-refractivity contribution in [2.45, 2.75) is 57.5 Å². The molecule has 0 aromatic heterocycles. The molecular formula is C27H28F4O2. The predicted octanol–water partition coefficient (Wildman–Crippen LogP) is 7.94. The van der Waals surface area contributed by atoms with E-state index >= 15 is 0 Å². The maximum atomic E-state index is 15.0. The summed E-state index contributed by atoms with van der Waals surface area (Å²) in [4.78, 5) is 12.4. The van der Waals surface area contributed by atoms with Crippen LogP contribution in [0.5, 0.6) is 5.75 Å². The van der Waals surface area contributed by atoms with Crippen molar-refractivity contribution in [1.29, 1.82) is 0 Å². The first-order valence-electron chi connectivity index (χ1n) is 11.6. The smallest absolute Gasteiger partial charge is 0.416 e. The number of esters is 1. The van der Waals surface area contributed by atoms with Crippen LogP contribution in [0.1, 0.15) is 72.9 Å². The normalized spacial score (nSPS) is 25.6. The van der Waals surface area contributed by atoms with Crippen LogP contribution in [-0.4, -0.2) is 5.97 Å². The Morgan fingerprint density at radius 3 is 2.33 bits per heavy atom. The Labute approximate surface area is 191 Å². The van der Waals surface area contributed by atoms with Crippen molar-refractivity contribution in [1.82, 2.24) is 0 Å². The number of carbonyl (C=O) groups is 1. The Morgan fingerprint density at radius 1 is 0.970 bits per heavy atom. The van der Waals surface area contributed by atoms with Gasteiger partial charge in [-0.2, -0.15) is 13.2 Å². The van der Waals surface area contributed by atoms with Gasteiger partial charge in [-0.15, -0.1) is 0 Å². The summed E-state index contributed by atoms with van der Waals surface area (Å²) in [6.45, 7) is 2.06. The summed E-state index contributed by atoms with van der Waals surface area (Å²) in [5.74, 6) is 0.883. The second-order valence-electron chi connectivity index (χ2n) is 9.28. The zero-order valence-electron chi connectivity index (χ0n) is 18.6. The molecule has 2 saturated carbocycles. The highest BCUT2D eigenvalue weighted by molar-refractivity contribution is 5.91. The molecule has 0 amide bonds. The van der Waals surface area contributed by atoms with Crippen molar-refractivity contribution in [2.75, 3.05) is 0 Å². The van der Waals surface area contributed by atoms with Crippen LogP contribution in [0.15, 0.2) is 54.6 Å². The van der Waals surface area contributed by atoms with Crippen LogP contribution < -0.4 is 4.74 Å². The Morgan fingerprint density at radius 2 is 1.67 bits per heavy atom. The average Bonchev–Trinajstić information content (AvgIpc) is 2.78. The van der Waals surface area contributed by atoms with E-state index in [0.717, 1.165) is 43.5 Å². The van der Waals surface area contributed by atoms with Gasteiger partial charge in [0.15, 0.2) is 0 Å². The fourth-order valence-corrected chi connectivity index (χ4v) is 5.52. The van der Waals surface area contributed by atoms with Crippen molar-refractivity contribution in [3.8, 4) is 5.75 Å². The van der Waals surface area contributed by atoms with Crippen LogP contribution in [-0.2, 0) is 6.18 Å². The van der Waals surface area contributed by atoms with Gasteiger partial charge in [0, 0.05) is 0 Å². The number of carbonyl (C=O) groups excluding carboxylic acids is 1. The van der Waals surface area contributed by atoms with Gasteiger partial charge in [-0.25, -0.2) is 9.18 Å². The lowest BCUT2D eigenvalue weighted by molar-refractivity contribution is -0.137. The number of benzene rings is 2. The van der Waals surface area contributed by atoms with E-state index in [4.69, 9.17) is 4.74 Å². The van der Waals surface area contributed by atoms with E-state index in [9.17, 15) is 22.4 Å². The summed E-state index contributed by atoms with van der Waals surface area (Å²) in [7, 11) is 0. The third kappa shape index (κ3) is 5.48. The van der Waals surface area contributed by atoms with E-state index in [0.29, 0.717) is 23.3 Å². The SMILES string of the molecule is C/C=C/C1CCC2CC(c3ccc(C(=O)Oc4ccc(C(F)(F)F)cc4)cc3F)CCC2C1. The zero-order valence-corrected chi connectivity index (χ0v) is 18.6. The maximum Gasteiger partial charge on any atom is 0.416 e. The van der Waals surface area contributed by atoms with E-state index in [1.54, 1.807) is 12.1 Å². The van der Waals surface area contributed by atoms with Gasteiger partial charge in [0.2, 0.25) is 0 Å². The first kappa shape index (κ1) is 23.5. The molecule has 0 radical (unpaired) electrons. The molecule has 2 aromatic carbocycles. The van der Waals surface area contributed by atoms with Crippen molar-refractivity contribution in [3.63, 3.8) is 0 Å². The molecular weight excluding hydrogens is 432 g/mol. The van der Waals surface area contributed by atoms with Gasteiger partial charge in [-0.3, -0.25) is 0 Å². The summed E-state index contributed by atoms with van der Waals surface area (Å²) < 4.78 is 58.1. The van der Waals surface area contributed by atoms with Crippen molar-refractivity contribution in [2.24, 2.45) is 17.8 Å². The summed E-state index contributed by atoms with van der Waals surface area (Å²) >= 11 is 0. The Hall–Kier alpha value is -2.63. The number of hydrogen-bond acceptors (Lipinski definition) is 2. The molecule has 0 saturated heterocycles. The Balaban J connectivity index is 1.39. The molecule has 2 aromatic rings. The minimum Gasteiger partial charge on any atom is -0.423 e. The minimum atomic E-state index is -4.47. The largest absolute Gasteiger partial charge is 0.423 e. The summed E-state index contributed by atoms with van der Waals surface area (Å²) in [5.41, 5.74) is -0.158. The highest BCUT2D eigenvalue weighted by Gasteiger charge is 2.36. The molecule has 2 nitrogen and oxygen atoms in total. The van der Waals surface area contributed by atoms with Gasteiger partial charge in [0.1, 0.15) is 11.6 Å². The average molecular weight is 461 g/mol. The van der Waals surface area contributed by atoms with Gasteiger partial charge in [-0.05, 0) is 111 Å². The highest BCUT2D eigenvalue weighted by Crippen LogP contribution is 2.48. The molecule has 6 heteroatoms. The molecule has 0 bridgehead atoms. The van der Waals surface area contributed by atoms with Crippen LogP contribution in [0.2, 0.25) is 0 Å². The lowest BCUT2D eigenvalue weighted by Gasteiger charge is -2.41. The van der Waals surface area contributed by atoms with Crippen LogP contribution in [0.4, 0.5) is 17.6 Å². The molecule has 0 heterocycles. The van der Waals surface area contributed by atoms with E-state index in [-0.39, 0.29) is 17.2 Å². The molecule has 2 aliphatic rings. The van der Waals surface area contributed by atoms with Gasteiger partial charge in [-0.1, -0.05) is 18.2 Å². The molecule has 4 atom stereocenters. The molecule has 0 spiro atoms. The van der Waals surface area contributed by atoms with Crippen LogP contribution >= 0.6 is 0 Å². The van der Waals surface area contributed by atoms with Crippen molar-refractivity contribution >= 4 is 5.97 Å². The molecule has 33 heavy (non-hydrogen) atoms. The van der Waals surface area contributed by atoms with Crippen LogP contribution in [0, 0.1) is 23.6 Å². The van der Waals surface area contributed by atoms with Gasteiger partial charge < -0.3 is 4.74 Å². The first-order chi connectivity index (χ1) is 15.7. The zero-order chi connectivity index (χ0) is 23.6. The third-order valence-electron chi connectivity index (χ3n) is 7.19. The number of fused-ring (bicyclic) bond motifs is 1. The maximum absolute atomic E-state index is 15.0. The van der Waals surface area contributed by atoms with Crippen LogP contribution in [0.25, 0.3) is 0 Å². The lowest BCUT2D eigenvalue weighted by Crippen LogP contribution is -2.30. The van der Waals surface area contributed by atoms with Crippen molar-refractivity contribution < 1.29 is 27.1 Å². The molecule has 0 aliphatic heterocycles. The van der Waals surface area contributed by atoms with E-state index in [1.165, 1.54) is 25.3 Å². The van der Waals surface area contributed by atoms with E-state index in [2.05, 4.69) is 19.1 Å². The second-order valence-corrected chi connectivity index (χ2v) is 9.28. The monoisotopic (exact) mass is 460 g/mol. The predicted molar refractivity (Wildman–Crippen MR) is 119 cm³/mol. The number of hydrogen-bond donors (Lipinski definition) is 0. The quantitative estimate of drug-likeness (QED) is 0.200. The van der Waals surface area contributed by atoms with E-state index in [1.807, 2.05) is 0 Å². The number of rotatable bonds is 4. The topological polar surface area (TPSA) is 26.3 Å². The minimum absolute atomic E-state index is 0.0238. The lowest BCUT2D eigenvalue weighted by atomic mass is 9.64. The number of alkyl halides is 3. The molecule has 4 unspecified atom stereocenters. The molecule has 2 fully saturated rings. The molecule has 2 aliphatic carbocycles. The Kier molecular flexibility index (Phi) is 6.91. The Bertz CT molecular complexity index is 1010. The molecule has 176 valence electrons. The van der Waals surface area contributed by atoms with Gasteiger partial charge in [0.25, 0.3) is 0 Å².